The number of nitrogens with zero attached hydrogens (tertiary/aromatic N) is 1. The first-order chi connectivity index (χ1) is 12.3. The highest BCUT2D eigenvalue weighted by molar-refractivity contribution is 7.92. The van der Waals surface area contributed by atoms with Gasteiger partial charge in [0, 0.05) is 6.54 Å². The molecule has 1 aliphatic carbocycles. The van der Waals surface area contributed by atoms with Crippen molar-refractivity contribution in [3.63, 3.8) is 0 Å². The summed E-state index contributed by atoms with van der Waals surface area (Å²) in [5.41, 5.74) is 3.03. The Hall–Kier alpha value is -1.82. The molecule has 6 heteroatoms. The third-order valence-electron chi connectivity index (χ3n) is 4.82. The number of benzene rings is 1. The number of hydrogen-bond donors (Lipinski definition) is 1. The second-order valence-corrected chi connectivity index (χ2v) is 8.76. The highest BCUT2D eigenvalue weighted by atomic mass is 32.2. The van der Waals surface area contributed by atoms with Gasteiger partial charge in [0.25, 0.3) is 0 Å². The molecule has 0 bridgehead atoms. The van der Waals surface area contributed by atoms with Gasteiger partial charge < -0.3 is 5.32 Å². The molecule has 0 saturated carbocycles. The number of carbonyl (C=O) groups is 1. The molecule has 0 aromatic heterocycles. The third-order valence-corrected chi connectivity index (χ3v) is 6.06. The monoisotopic (exact) mass is 378 g/mol. The van der Waals surface area contributed by atoms with E-state index in [0.717, 1.165) is 37.5 Å². The van der Waals surface area contributed by atoms with E-state index in [1.54, 1.807) is 19.1 Å². The first-order valence-electron chi connectivity index (χ1n) is 9.37. The fraction of sp³-hybridized carbons (Fsp3) is 0.550. The summed E-state index contributed by atoms with van der Waals surface area (Å²) in [6.45, 7) is 4.21. The van der Waals surface area contributed by atoms with Crippen LogP contribution in [0, 0.1) is 0 Å². The summed E-state index contributed by atoms with van der Waals surface area (Å²) in [5.74, 6) is -0.272. The molecule has 0 unspecified atom stereocenters. The van der Waals surface area contributed by atoms with Gasteiger partial charge in [-0.1, -0.05) is 30.7 Å². The van der Waals surface area contributed by atoms with Crippen molar-refractivity contribution in [1.29, 1.82) is 0 Å². The van der Waals surface area contributed by atoms with Crippen LogP contribution in [-0.2, 0) is 21.2 Å². The third kappa shape index (κ3) is 5.59. The molecule has 144 valence electrons. The Kier molecular flexibility index (Phi) is 7.26. The Morgan fingerprint density at radius 1 is 1.23 bits per heavy atom. The lowest BCUT2D eigenvalue weighted by molar-refractivity contribution is -0.121. The molecule has 0 aliphatic heterocycles. The molecule has 2 rings (SSSR count). The Morgan fingerprint density at radius 2 is 1.92 bits per heavy atom. The standard InChI is InChI=1S/C20H30N2O3S/c1-4-17-10-12-19(13-11-17)22(26(3,24)25)16(2)20(23)21-15-14-18-8-6-5-7-9-18/h8,10-13,16H,4-7,9,14-15H2,1-3H3,(H,21,23)/t16-/m0/s1. The molecule has 26 heavy (non-hydrogen) atoms. The summed E-state index contributed by atoms with van der Waals surface area (Å²) in [6, 6.07) is 6.52. The molecule has 1 aromatic carbocycles. The van der Waals surface area contributed by atoms with Gasteiger partial charge in [0.05, 0.1) is 11.9 Å². The number of anilines is 1. The molecule has 1 aromatic rings. The predicted octanol–water partition coefficient (Wildman–Crippen LogP) is 3.41. The fourth-order valence-electron chi connectivity index (χ4n) is 3.31. The number of sulfonamides is 1. The van der Waals surface area contributed by atoms with Crippen LogP contribution in [-0.4, -0.2) is 33.2 Å². The van der Waals surface area contributed by atoms with Gasteiger partial charge in [-0.3, -0.25) is 9.10 Å². The summed E-state index contributed by atoms with van der Waals surface area (Å²) in [5, 5.41) is 2.89. The zero-order valence-electron chi connectivity index (χ0n) is 16.0. The molecular formula is C20H30N2O3S. The number of carbonyl (C=O) groups excluding carboxylic acids is 1. The summed E-state index contributed by atoms with van der Waals surface area (Å²) < 4.78 is 25.8. The van der Waals surface area contributed by atoms with E-state index in [-0.39, 0.29) is 5.91 Å². The Labute approximate surface area is 157 Å². The van der Waals surface area contributed by atoms with E-state index in [1.165, 1.54) is 22.7 Å². The zero-order valence-corrected chi connectivity index (χ0v) is 16.8. The van der Waals surface area contributed by atoms with Crippen molar-refractivity contribution in [2.45, 2.75) is 58.4 Å². The summed E-state index contributed by atoms with van der Waals surface area (Å²) in [6.07, 6.45) is 9.79. The molecule has 1 N–H and O–H groups in total. The van der Waals surface area contributed by atoms with Crippen LogP contribution in [0.1, 0.15) is 51.5 Å². The van der Waals surface area contributed by atoms with Gasteiger partial charge in [0.2, 0.25) is 15.9 Å². The van der Waals surface area contributed by atoms with Crippen LogP contribution in [0.15, 0.2) is 35.9 Å². The van der Waals surface area contributed by atoms with Crippen LogP contribution in [0.5, 0.6) is 0 Å². The quantitative estimate of drug-likeness (QED) is 0.705. The van der Waals surface area contributed by atoms with Crippen molar-refractivity contribution in [3.05, 3.63) is 41.5 Å². The maximum Gasteiger partial charge on any atom is 0.243 e. The van der Waals surface area contributed by atoms with E-state index < -0.39 is 16.1 Å². The van der Waals surface area contributed by atoms with Crippen LogP contribution in [0.4, 0.5) is 5.69 Å². The van der Waals surface area contributed by atoms with Gasteiger partial charge >= 0.3 is 0 Å². The van der Waals surface area contributed by atoms with Crippen LogP contribution >= 0.6 is 0 Å². The van der Waals surface area contributed by atoms with E-state index in [9.17, 15) is 13.2 Å². The van der Waals surface area contributed by atoms with E-state index in [1.807, 2.05) is 19.1 Å². The van der Waals surface area contributed by atoms with Gasteiger partial charge in [-0.2, -0.15) is 0 Å². The minimum atomic E-state index is -3.57. The van der Waals surface area contributed by atoms with Crippen molar-refractivity contribution >= 4 is 21.6 Å². The number of aryl methyl sites for hydroxylation is 1. The maximum atomic E-state index is 12.5. The van der Waals surface area contributed by atoms with Gasteiger partial charge in [0.1, 0.15) is 6.04 Å². The van der Waals surface area contributed by atoms with Gasteiger partial charge in [-0.05, 0) is 63.1 Å². The normalized spacial score (nSPS) is 15.9. The fourth-order valence-corrected chi connectivity index (χ4v) is 4.49. The molecule has 5 nitrogen and oxygen atoms in total. The van der Waals surface area contributed by atoms with Gasteiger partial charge in [-0.15, -0.1) is 0 Å². The maximum absolute atomic E-state index is 12.5. The van der Waals surface area contributed by atoms with Crippen LogP contribution < -0.4 is 9.62 Å². The molecule has 0 saturated heterocycles. The van der Waals surface area contributed by atoms with Crippen molar-refractivity contribution in [2.75, 3.05) is 17.1 Å². The molecular weight excluding hydrogens is 348 g/mol. The number of allylic oxidation sites excluding steroid dienone is 1. The van der Waals surface area contributed by atoms with Crippen LogP contribution in [0.25, 0.3) is 0 Å². The molecule has 1 aliphatic rings. The number of nitrogens with one attached hydrogen (secondary N) is 1. The van der Waals surface area contributed by atoms with Crippen molar-refractivity contribution < 1.29 is 13.2 Å². The van der Waals surface area contributed by atoms with Crippen LogP contribution in [0.2, 0.25) is 0 Å². The average Bonchev–Trinajstić information content (AvgIpc) is 2.62. The number of hydrogen-bond acceptors (Lipinski definition) is 3. The van der Waals surface area contributed by atoms with E-state index in [4.69, 9.17) is 0 Å². The zero-order chi connectivity index (χ0) is 19.2. The van der Waals surface area contributed by atoms with E-state index >= 15 is 0 Å². The summed E-state index contributed by atoms with van der Waals surface area (Å²) in [7, 11) is -3.57. The number of rotatable bonds is 8. The van der Waals surface area contributed by atoms with Crippen molar-refractivity contribution in [1.82, 2.24) is 5.32 Å². The Morgan fingerprint density at radius 3 is 2.46 bits per heavy atom. The minimum absolute atomic E-state index is 0.272. The first kappa shape index (κ1) is 20.5. The topological polar surface area (TPSA) is 66.5 Å². The van der Waals surface area contributed by atoms with Crippen LogP contribution in [0.3, 0.4) is 0 Å². The first-order valence-corrected chi connectivity index (χ1v) is 11.2. The average molecular weight is 379 g/mol. The molecule has 0 heterocycles. The lowest BCUT2D eigenvalue weighted by atomic mass is 9.97. The van der Waals surface area contributed by atoms with Gasteiger partial charge in [0.15, 0.2) is 0 Å². The Balaban J connectivity index is 2.04. The molecule has 0 spiro atoms. The molecule has 1 atom stereocenters. The smallest absolute Gasteiger partial charge is 0.243 e. The largest absolute Gasteiger partial charge is 0.354 e. The van der Waals surface area contributed by atoms with E-state index in [0.29, 0.717) is 12.2 Å². The Bertz CT molecular complexity index is 739. The highest BCUT2D eigenvalue weighted by Crippen LogP contribution is 2.22. The summed E-state index contributed by atoms with van der Waals surface area (Å²) in [4.78, 5) is 12.5. The second-order valence-electron chi connectivity index (χ2n) is 6.90. The SMILES string of the molecule is CCc1ccc(N([C@@H](C)C(=O)NCCC2=CCCCC2)S(C)(=O)=O)cc1. The van der Waals surface area contributed by atoms with Crippen molar-refractivity contribution in [2.24, 2.45) is 0 Å². The lowest BCUT2D eigenvalue weighted by Crippen LogP contribution is -2.48. The number of amides is 1. The second kappa shape index (κ2) is 9.21. The highest BCUT2D eigenvalue weighted by Gasteiger charge is 2.28. The van der Waals surface area contributed by atoms with Gasteiger partial charge in [-0.25, -0.2) is 8.42 Å². The summed E-state index contributed by atoms with van der Waals surface area (Å²) >= 11 is 0. The predicted molar refractivity (Wildman–Crippen MR) is 107 cm³/mol. The van der Waals surface area contributed by atoms with Crippen molar-refractivity contribution in [3.8, 4) is 0 Å². The molecule has 0 fully saturated rings. The van der Waals surface area contributed by atoms with E-state index in [2.05, 4.69) is 11.4 Å². The molecule has 1 amide bonds. The molecule has 0 radical (unpaired) electrons. The minimum Gasteiger partial charge on any atom is -0.354 e. The lowest BCUT2D eigenvalue weighted by Gasteiger charge is -2.28.